The summed E-state index contributed by atoms with van der Waals surface area (Å²) in [4.78, 5) is 6.31. The molecule has 0 saturated carbocycles. The van der Waals surface area contributed by atoms with Crippen LogP contribution in [0.3, 0.4) is 0 Å². The number of rotatable bonds is 3. The molecule has 0 aromatic carbocycles. The van der Waals surface area contributed by atoms with Crippen LogP contribution in [0.2, 0.25) is 5.15 Å². The van der Waals surface area contributed by atoms with E-state index in [0.29, 0.717) is 11.2 Å². The zero-order valence-corrected chi connectivity index (χ0v) is 12.0. The summed E-state index contributed by atoms with van der Waals surface area (Å²) in [7, 11) is 2.14. The summed E-state index contributed by atoms with van der Waals surface area (Å²) in [5.41, 5.74) is 0. The Morgan fingerprint density at radius 1 is 1.47 bits per heavy atom. The van der Waals surface area contributed by atoms with Crippen molar-refractivity contribution in [2.24, 2.45) is 0 Å². The summed E-state index contributed by atoms with van der Waals surface area (Å²) in [6, 6.07) is 4.14. The van der Waals surface area contributed by atoms with Crippen molar-refractivity contribution in [1.82, 2.24) is 9.88 Å². The average Bonchev–Trinajstić information content (AvgIpc) is 2.63. The Bertz CT molecular complexity index is 321. The largest absolute Gasteiger partial charge is 0.490 e. The lowest BCUT2D eigenvalue weighted by molar-refractivity contribution is 0.198. The Morgan fingerprint density at radius 3 is 2.76 bits per heavy atom. The fourth-order valence-corrected chi connectivity index (χ4v) is 1.94. The number of likely N-dealkylation sites (tertiary alicyclic amines) is 1. The molecule has 17 heavy (non-hydrogen) atoms. The SMILES string of the molecule is CN1CCC[C@@H]1COc1ccc(Cl)nc1.Cl.Cl. The summed E-state index contributed by atoms with van der Waals surface area (Å²) in [6.07, 6.45) is 4.15. The maximum atomic E-state index is 5.69. The van der Waals surface area contributed by atoms with Crippen LogP contribution in [-0.4, -0.2) is 36.1 Å². The highest BCUT2D eigenvalue weighted by atomic mass is 35.5. The van der Waals surface area contributed by atoms with Gasteiger partial charge in [0.25, 0.3) is 0 Å². The Kier molecular flexibility index (Phi) is 7.88. The van der Waals surface area contributed by atoms with Crippen molar-refractivity contribution in [2.75, 3.05) is 20.2 Å². The van der Waals surface area contributed by atoms with Gasteiger partial charge in [0, 0.05) is 6.04 Å². The van der Waals surface area contributed by atoms with Gasteiger partial charge in [-0.15, -0.1) is 24.8 Å². The van der Waals surface area contributed by atoms with Crippen molar-refractivity contribution in [1.29, 1.82) is 0 Å². The van der Waals surface area contributed by atoms with Gasteiger partial charge in [-0.3, -0.25) is 0 Å². The lowest BCUT2D eigenvalue weighted by Crippen LogP contribution is -2.30. The Balaban J connectivity index is 0.00000128. The monoisotopic (exact) mass is 298 g/mol. The van der Waals surface area contributed by atoms with Crippen LogP contribution in [0.5, 0.6) is 5.75 Å². The molecular formula is C11H17Cl3N2O. The van der Waals surface area contributed by atoms with E-state index in [2.05, 4.69) is 16.9 Å². The van der Waals surface area contributed by atoms with Crippen molar-refractivity contribution in [2.45, 2.75) is 18.9 Å². The van der Waals surface area contributed by atoms with E-state index in [1.165, 1.54) is 19.4 Å². The molecule has 1 fully saturated rings. The molecule has 1 saturated heterocycles. The molecule has 0 radical (unpaired) electrons. The quantitative estimate of drug-likeness (QED) is 0.802. The summed E-state index contributed by atoms with van der Waals surface area (Å²) in [5.74, 6) is 0.791. The first-order valence-electron chi connectivity index (χ1n) is 5.20. The van der Waals surface area contributed by atoms with Crippen LogP contribution in [0.15, 0.2) is 18.3 Å². The second-order valence-electron chi connectivity index (χ2n) is 3.90. The maximum Gasteiger partial charge on any atom is 0.137 e. The van der Waals surface area contributed by atoms with E-state index in [-0.39, 0.29) is 24.8 Å². The van der Waals surface area contributed by atoms with E-state index in [0.717, 1.165) is 12.4 Å². The van der Waals surface area contributed by atoms with Crippen LogP contribution in [0.1, 0.15) is 12.8 Å². The van der Waals surface area contributed by atoms with Crippen molar-refractivity contribution < 1.29 is 4.74 Å². The topological polar surface area (TPSA) is 25.4 Å². The minimum Gasteiger partial charge on any atom is -0.490 e. The highest BCUT2D eigenvalue weighted by molar-refractivity contribution is 6.29. The number of ether oxygens (including phenoxy) is 1. The number of likely N-dealkylation sites (N-methyl/N-ethyl adjacent to an activating group) is 1. The van der Waals surface area contributed by atoms with Gasteiger partial charge < -0.3 is 9.64 Å². The normalized spacial score (nSPS) is 19.3. The zero-order chi connectivity index (χ0) is 10.7. The van der Waals surface area contributed by atoms with Crippen LogP contribution < -0.4 is 4.74 Å². The minimum absolute atomic E-state index is 0. The number of nitrogens with zero attached hydrogens (tertiary/aromatic N) is 2. The van der Waals surface area contributed by atoms with Gasteiger partial charge in [-0.1, -0.05) is 11.6 Å². The molecular weight excluding hydrogens is 282 g/mol. The van der Waals surface area contributed by atoms with Crippen molar-refractivity contribution in [3.63, 3.8) is 0 Å². The molecule has 0 bridgehead atoms. The number of hydrogen-bond acceptors (Lipinski definition) is 3. The lowest BCUT2D eigenvalue weighted by Gasteiger charge is -2.19. The molecule has 2 rings (SSSR count). The number of aromatic nitrogens is 1. The fraction of sp³-hybridized carbons (Fsp3) is 0.545. The molecule has 0 aliphatic carbocycles. The molecule has 2 heterocycles. The van der Waals surface area contributed by atoms with Crippen molar-refractivity contribution in [3.05, 3.63) is 23.5 Å². The first kappa shape index (κ1) is 16.8. The van der Waals surface area contributed by atoms with E-state index < -0.39 is 0 Å². The average molecular weight is 300 g/mol. The Labute approximate surface area is 119 Å². The fourth-order valence-electron chi connectivity index (χ4n) is 1.83. The molecule has 1 aliphatic heterocycles. The molecule has 1 aliphatic rings. The third-order valence-electron chi connectivity index (χ3n) is 2.81. The highest BCUT2D eigenvalue weighted by Gasteiger charge is 2.21. The molecule has 1 atom stereocenters. The van der Waals surface area contributed by atoms with Gasteiger partial charge in [0.15, 0.2) is 0 Å². The van der Waals surface area contributed by atoms with Crippen LogP contribution in [0, 0.1) is 0 Å². The minimum atomic E-state index is 0. The molecule has 0 N–H and O–H groups in total. The van der Waals surface area contributed by atoms with Crippen LogP contribution in [0.25, 0.3) is 0 Å². The summed E-state index contributed by atoms with van der Waals surface area (Å²) < 4.78 is 5.65. The molecule has 1 aromatic rings. The highest BCUT2D eigenvalue weighted by Crippen LogP contribution is 2.17. The predicted octanol–water partition coefficient (Wildman–Crippen LogP) is 3.05. The second-order valence-corrected chi connectivity index (χ2v) is 4.29. The van der Waals surface area contributed by atoms with Crippen LogP contribution in [0.4, 0.5) is 0 Å². The van der Waals surface area contributed by atoms with Gasteiger partial charge >= 0.3 is 0 Å². The second kappa shape index (κ2) is 7.98. The molecule has 0 unspecified atom stereocenters. The van der Waals surface area contributed by atoms with Gasteiger partial charge in [0.05, 0.1) is 6.20 Å². The van der Waals surface area contributed by atoms with E-state index in [9.17, 15) is 0 Å². The zero-order valence-electron chi connectivity index (χ0n) is 9.63. The van der Waals surface area contributed by atoms with Crippen LogP contribution in [-0.2, 0) is 0 Å². The summed E-state index contributed by atoms with van der Waals surface area (Å²) >= 11 is 5.69. The number of pyridine rings is 1. The van der Waals surface area contributed by atoms with Gasteiger partial charge in [-0.2, -0.15) is 0 Å². The van der Waals surface area contributed by atoms with E-state index >= 15 is 0 Å². The van der Waals surface area contributed by atoms with Crippen molar-refractivity contribution >= 4 is 36.4 Å². The number of halogens is 3. The molecule has 6 heteroatoms. The van der Waals surface area contributed by atoms with Crippen molar-refractivity contribution in [3.8, 4) is 5.75 Å². The first-order chi connectivity index (χ1) is 7.25. The Morgan fingerprint density at radius 2 is 2.24 bits per heavy atom. The standard InChI is InChI=1S/C11H15ClN2O.2ClH/c1-14-6-2-3-9(14)8-15-10-4-5-11(12)13-7-10;;/h4-5,7,9H,2-3,6,8H2,1H3;2*1H/t9-;;/m1../s1. The molecule has 98 valence electrons. The van der Waals surface area contributed by atoms with E-state index in [4.69, 9.17) is 16.3 Å². The maximum absolute atomic E-state index is 5.69. The molecule has 0 spiro atoms. The molecule has 3 nitrogen and oxygen atoms in total. The third-order valence-corrected chi connectivity index (χ3v) is 3.04. The van der Waals surface area contributed by atoms with Gasteiger partial charge in [-0.25, -0.2) is 4.98 Å². The first-order valence-corrected chi connectivity index (χ1v) is 5.58. The lowest BCUT2D eigenvalue weighted by atomic mass is 10.2. The number of hydrogen-bond donors (Lipinski definition) is 0. The Hall–Kier alpha value is -0.220. The summed E-state index contributed by atoms with van der Waals surface area (Å²) in [6.45, 7) is 1.91. The molecule has 0 amide bonds. The van der Waals surface area contributed by atoms with E-state index in [1.807, 2.05) is 6.07 Å². The van der Waals surface area contributed by atoms with Gasteiger partial charge in [0.1, 0.15) is 17.5 Å². The third kappa shape index (κ3) is 4.88. The summed E-state index contributed by atoms with van der Waals surface area (Å²) in [5, 5.41) is 0.500. The van der Waals surface area contributed by atoms with Gasteiger partial charge in [0.2, 0.25) is 0 Å². The predicted molar refractivity (Wildman–Crippen MR) is 74.9 cm³/mol. The van der Waals surface area contributed by atoms with Crippen LogP contribution >= 0.6 is 36.4 Å². The van der Waals surface area contributed by atoms with E-state index in [1.54, 1.807) is 12.3 Å². The van der Waals surface area contributed by atoms with Gasteiger partial charge in [-0.05, 0) is 38.6 Å². The smallest absolute Gasteiger partial charge is 0.137 e. The molecule has 1 aromatic heterocycles.